The zero-order valence-corrected chi connectivity index (χ0v) is 18.8. The molecule has 3 aromatic carbocycles. The van der Waals surface area contributed by atoms with Gasteiger partial charge in [0.05, 0.1) is 6.04 Å². The van der Waals surface area contributed by atoms with Crippen LogP contribution in [0.5, 0.6) is 0 Å². The van der Waals surface area contributed by atoms with Crippen LogP contribution in [-0.2, 0) is 4.79 Å². The predicted octanol–water partition coefficient (Wildman–Crippen LogP) is 5.88. The number of halogens is 2. The molecule has 1 saturated heterocycles. The number of hydrogen-bond donors (Lipinski definition) is 1. The average Bonchev–Trinajstić information content (AvgIpc) is 2.78. The molecule has 4 rings (SSSR count). The van der Waals surface area contributed by atoms with Gasteiger partial charge in [0.1, 0.15) is 0 Å². The van der Waals surface area contributed by atoms with E-state index in [2.05, 4.69) is 5.32 Å². The Balaban J connectivity index is 1.38. The number of rotatable bonds is 4. The molecule has 0 aromatic heterocycles. The first-order valence-corrected chi connectivity index (χ1v) is 11.2. The van der Waals surface area contributed by atoms with Crippen molar-refractivity contribution in [3.05, 3.63) is 81.8 Å². The fourth-order valence-electron chi connectivity index (χ4n) is 4.19. The number of amides is 2. The Bertz CT molecular complexity index is 1120. The van der Waals surface area contributed by atoms with E-state index in [4.69, 9.17) is 23.2 Å². The summed E-state index contributed by atoms with van der Waals surface area (Å²) >= 11 is 12.2. The minimum atomic E-state index is -0.215. The van der Waals surface area contributed by atoms with E-state index in [9.17, 15) is 9.59 Å². The highest BCUT2D eigenvalue weighted by molar-refractivity contribution is 6.35. The van der Waals surface area contributed by atoms with Crippen LogP contribution < -0.4 is 5.32 Å². The number of hydrogen-bond acceptors (Lipinski definition) is 2. The fourth-order valence-corrected chi connectivity index (χ4v) is 4.76. The van der Waals surface area contributed by atoms with Crippen LogP contribution in [0.25, 0.3) is 10.8 Å². The molecule has 1 heterocycles. The molecule has 1 aliphatic heterocycles. The molecule has 1 unspecified atom stereocenters. The highest BCUT2D eigenvalue weighted by Gasteiger charge is 2.29. The molecule has 1 atom stereocenters. The average molecular weight is 455 g/mol. The maximum absolute atomic E-state index is 13.1. The maximum atomic E-state index is 13.1. The summed E-state index contributed by atoms with van der Waals surface area (Å²) in [4.78, 5) is 27.8. The molecule has 0 aliphatic carbocycles. The summed E-state index contributed by atoms with van der Waals surface area (Å²) in [5, 5.41) is 6.17. The molecule has 6 heteroatoms. The molecule has 2 amide bonds. The molecule has 0 saturated carbocycles. The quantitative estimate of drug-likeness (QED) is 0.535. The van der Waals surface area contributed by atoms with Crippen molar-refractivity contribution in [1.82, 2.24) is 10.2 Å². The molecule has 31 heavy (non-hydrogen) atoms. The lowest BCUT2D eigenvalue weighted by atomic mass is 9.94. The molecule has 4 nitrogen and oxygen atoms in total. The molecule has 160 valence electrons. The predicted molar refractivity (Wildman–Crippen MR) is 126 cm³/mol. The van der Waals surface area contributed by atoms with Crippen molar-refractivity contribution in [3.8, 4) is 0 Å². The summed E-state index contributed by atoms with van der Waals surface area (Å²) in [6.07, 6.45) is 1.28. The molecule has 0 bridgehead atoms. The van der Waals surface area contributed by atoms with E-state index in [1.807, 2.05) is 60.4 Å². The van der Waals surface area contributed by atoms with Gasteiger partial charge in [0.2, 0.25) is 5.91 Å². The lowest BCUT2D eigenvalue weighted by Crippen LogP contribution is -2.43. The summed E-state index contributed by atoms with van der Waals surface area (Å²) in [5.41, 5.74) is 1.55. The highest BCUT2D eigenvalue weighted by Crippen LogP contribution is 2.28. The highest BCUT2D eigenvalue weighted by atomic mass is 35.5. The van der Waals surface area contributed by atoms with Crippen LogP contribution in [-0.4, -0.2) is 29.8 Å². The number of piperidine rings is 1. The van der Waals surface area contributed by atoms with Crippen molar-refractivity contribution in [3.63, 3.8) is 0 Å². The number of fused-ring (bicyclic) bond motifs is 1. The van der Waals surface area contributed by atoms with Crippen LogP contribution >= 0.6 is 23.2 Å². The van der Waals surface area contributed by atoms with Gasteiger partial charge in [-0.15, -0.1) is 0 Å². The summed E-state index contributed by atoms with van der Waals surface area (Å²) in [6, 6.07) is 18.8. The zero-order chi connectivity index (χ0) is 22.0. The number of carbonyl (C=O) groups is 2. The minimum Gasteiger partial charge on any atom is -0.349 e. The van der Waals surface area contributed by atoms with E-state index in [0.717, 1.165) is 16.3 Å². The lowest BCUT2D eigenvalue weighted by Gasteiger charge is -2.32. The van der Waals surface area contributed by atoms with Gasteiger partial charge in [0.15, 0.2) is 0 Å². The second-order valence-corrected chi connectivity index (χ2v) is 8.83. The molecule has 1 fully saturated rings. The van der Waals surface area contributed by atoms with Crippen molar-refractivity contribution in [2.24, 2.45) is 5.92 Å². The van der Waals surface area contributed by atoms with Crippen molar-refractivity contribution in [2.45, 2.75) is 25.8 Å². The van der Waals surface area contributed by atoms with Gasteiger partial charge in [-0.1, -0.05) is 65.7 Å². The van der Waals surface area contributed by atoms with Gasteiger partial charge in [-0.3, -0.25) is 9.59 Å². The third-order valence-corrected chi connectivity index (χ3v) is 6.52. The summed E-state index contributed by atoms with van der Waals surface area (Å²) in [5.74, 6) is -0.0992. The van der Waals surface area contributed by atoms with Crippen molar-refractivity contribution < 1.29 is 9.59 Å². The smallest absolute Gasteiger partial charge is 0.254 e. The van der Waals surface area contributed by atoms with E-state index in [1.54, 1.807) is 12.1 Å². The molecular weight excluding hydrogens is 431 g/mol. The molecule has 1 N–H and O–H groups in total. The van der Waals surface area contributed by atoms with Gasteiger partial charge in [-0.25, -0.2) is 0 Å². The first-order valence-electron chi connectivity index (χ1n) is 10.5. The minimum absolute atomic E-state index is 0.00391. The van der Waals surface area contributed by atoms with Gasteiger partial charge in [0, 0.05) is 34.6 Å². The van der Waals surface area contributed by atoms with Crippen molar-refractivity contribution in [2.75, 3.05) is 13.1 Å². The summed E-state index contributed by atoms with van der Waals surface area (Å²) in [7, 11) is 0. The van der Waals surface area contributed by atoms with E-state index >= 15 is 0 Å². The number of nitrogens with zero attached hydrogens (tertiary/aromatic N) is 1. The first kappa shape index (κ1) is 21.7. The van der Waals surface area contributed by atoms with E-state index in [1.165, 1.54) is 0 Å². The standard InChI is InChI=1S/C25H24Cl2N2O2/c1-16(20-10-9-19(26)15-23(20)27)28-24(30)18-11-13-29(14-12-18)25(31)22-8-4-6-17-5-2-3-7-21(17)22/h2-10,15-16,18H,11-14H2,1H3,(H,28,30). The second-order valence-electron chi connectivity index (χ2n) is 7.99. The van der Waals surface area contributed by atoms with Gasteiger partial charge in [-0.05, 0) is 54.3 Å². The number of likely N-dealkylation sites (tertiary alicyclic amines) is 1. The fraction of sp³-hybridized carbons (Fsp3) is 0.280. The summed E-state index contributed by atoms with van der Waals surface area (Å²) < 4.78 is 0. The molecule has 1 aliphatic rings. The number of nitrogens with one attached hydrogen (secondary N) is 1. The Morgan fingerprint density at radius 3 is 2.45 bits per heavy atom. The summed E-state index contributed by atoms with van der Waals surface area (Å²) in [6.45, 7) is 3.04. The third-order valence-electron chi connectivity index (χ3n) is 5.96. The molecule has 0 spiro atoms. The Morgan fingerprint density at radius 2 is 1.71 bits per heavy atom. The monoisotopic (exact) mass is 454 g/mol. The van der Waals surface area contributed by atoms with Gasteiger partial charge in [-0.2, -0.15) is 0 Å². The lowest BCUT2D eigenvalue weighted by molar-refractivity contribution is -0.126. The van der Waals surface area contributed by atoms with Gasteiger partial charge in [0.25, 0.3) is 5.91 Å². The van der Waals surface area contributed by atoms with E-state index < -0.39 is 0 Å². The number of carbonyl (C=O) groups excluding carboxylic acids is 2. The molecular formula is C25H24Cl2N2O2. The largest absolute Gasteiger partial charge is 0.349 e. The normalized spacial score (nSPS) is 15.6. The second kappa shape index (κ2) is 9.29. The van der Waals surface area contributed by atoms with Crippen LogP contribution in [0.2, 0.25) is 10.0 Å². The third kappa shape index (κ3) is 4.70. The molecule has 3 aromatic rings. The van der Waals surface area contributed by atoms with Crippen LogP contribution in [0.15, 0.2) is 60.7 Å². The maximum Gasteiger partial charge on any atom is 0.254 e. The topological polar surface area (TPSA) is 49.4 Å². The number of benzene rings is 3. The van der Waals surface area contributed by atoms with Crippen molar-refractivity contribution in [1.29, 1.82) is 0 Å². The van der Waals surface area contributed by atoms with Crippen LogP contribution in [0.1, 0.15) is 41.7 Å². The Morgan fingerprint density at radius 1 is 1.00 bits per heavy atom. The Kier molecular flexibility index (Phi) is 6.49. The van der Waals surface area contributed by atoms with E-state index in [-0.39, 0.29) is 23.8 Å². The van der Waals surface area contributed by atoms with Crippen LogP contribution in [0.4, 0.5) is 0 Å². The Labute approximate surface area is 192 Å². The van der Waals surface area contributed by atoms with E-state index in [0.29, 0.717) is 41.5 Å². The Hall–Kier alpha value is -2.56. The SMILES string of the molecule is CC(NC(=O)C1CCN(C(=O)c2cccc3ccccc23)CC1)c1ccc(Cl)cc1Cl. The first-order chi connectivity index (χ1) is 14.9. The zero-order valence-electron chi connectivity index (χ0n) is 17.3. The van der Waals surface area contributed by atoms with Gasteiger partial charge >= 0.3 is 0 Å². The van der Waals surface area contributed by atoms with Crippen LogP contribution in [0, 0.1) is 5.92 Å². The molecule has 0 radical (unpaired) electrons. The van der Waals surface area contributed by atoms with Crippen LogP contribution in [0.3, 0.4) is 0 Å². The van der Waals surface area contributed by atoms with Crippen molar-refractivity contribution >= 4 is 45.8 Å². The van der Waals surface area contributed by atoms with Gasteiger partial charge < -0.3 is 10.2 Å².